The van der Waals surface area contributed by atoms with E-state index in [2.05, 4.69) is 35.1 Å². The summed E-state index contributed by atoms with van der Waals surface area (Å²) in [5.74, 6) is 0. The lowest BCUT2D eigenvalue weighted by atomic mass is 10.1. The molecule has 14 heavy (non-hydrogen) atoms. The molecule has 2 heteroatoms. The van der Waals surface area contributed by atoms with Gasteiger partial charge >= 0.3 is 0 Å². The number of benzene rings is 1. The fourth-order valence-electron chi connectivity index (χ4n) is 1.24. The first-order valence-electron chi connectivity index (χ1n) is 5.09. The molecule has 0 N–H and O–H groups in total. The molecular weight excluding hydrogens is 172 g/mol. The van der Waals surface area contributed by atoms with Gasteiger partial charge in [0.15, 0.2) is 0 Å². The molecule has 0 amide bonds. The smallest absolute Gasteiger partial charge is 0.116 e. The fraction of sp³-hybridized carbons (Fsp3) is 0.333. The van der Waals surface area contributed by atoms with Gasteiger partial charge in [-0.25, -0.2) is 9.97 Å². The van der Waals surface area contributed by atoms with Crippen molar-refractivity contribution in [3.63, 3.8) is 0 Å². The Hall–Kier alpha value is -1.44. The highest BCUT2D eigenvalue weighted by Gasteiger charge is 1.94. The molecule has 1 aromatic heterocycles. The SMILES string of the molecule is CC.CCc1ccc2cncnc2c1. The molecule has 2 aromatic rings. The highest BCUT2D eigenvalue weighted by molar-refractivity contribution is 5.77. The van der Waals surface area contributed by atoms with Crippen molar-refractivity contribution in [2.45, 2.75) is 27.2 Å². The zero-order chi connectivity index (χ0) is 10.4. The fourth-order valence-corrected chi connectivity index (χ4v) is 1.24. The lowest BCUT2D eigenvalue weighted by Crippen LogP contribution is -1.83. The van der Waals surface area contributed by atoms with Crippen molar-refractivity contribution in [3.8, 4) is 0 Å². The number of fused-ring (bicyclic) bond motifs is 1. The first kappa shape index (κ1) is 10.6. The molecule has 74 valence electrons. The summed E-state index contributed by atoms with van der Waals surface area (Å²) in [6, 6.07) is 6.29. The van der Waals surface area contributed by atoms with Crippen LogP contribution in [0, 0.1) is 0 Å². The Morgan fingerprint density at radius 1 is 1.21 bits per heavy atom. The number of hydrogen-bond acceptors (Lipinski definition) is 2. The third-order valence-electron chi connectivity index (χ3n) is 1.98. The summed E-state index contributed by atoms with van der Waals surface area (Å²) in [6.07, 6.45) is 4.48. The van der Waals surface area contributed by atoms with Crippen LogP contribution in [-0.2, 0) is 6.42 Å². The molecule has 0 unspecified atom stereocenters. The highest BCUT2D eigenvalue weighted by Crippen LogP contribution is 2.11. The first-order valence-corrected chi connectivity index (χ1v) is 5.09. The summed E-state index contributed by atoms with van der Waals surface area (Å²) < 4.78 is 0. The molecule has 0 aliphatic carbocycles. The van der Waals surface area contributed by atoms with Crippen LogP contribution in [-0.4, -0.2) is 9.97 Å². The van der Waals surface area contributed by atoms with Crippen LogP contribution in [0.5, 0.6) is 0 Å². The van der Waals surface area contributed by atoms with Gasteiger partial charge in [0.2, 0.25) is 0 Å². The molecule has 0 saturated heterocycles. The van der Waals surface area contributed by atoms with Crippen LogP contribution in [0.2, 0.25) is 0 Å². The van der Waals surface area contributed by atoms with Crippen molar-refractivity contribution in [2.24, 2.45) is 0 Å². The van der Waals surface area contributed by atoms with E-state index < -0.39 is 0 Å². The second-order valence-electron chi connectivity index (χ2n) is 2.77. The molecule has 0 aliphatic heterocycles. The third kappa shape index (κ3) is 2.28. The Bertz CT molecular complexity index is 396. The molecular formula is C12H16N2. The topological polar surface area (TPSA) is 25.8 Å². The van der Waals surface area contributed by atoms with Gasteiger partial charge in [-0.1, -0.05) is 32.9 Å². The maximum atomic E-state index is 4.18. The average Bonchev–Trinajstić information content (AvgIpc) is 2.31. The average molecular weight is 188 g/mol. The first-order chi connectivity index (χ1) is 6.90. The number of aromatic nitrogens is 2. The van der Waals surface area contributed by atoms with E-state index in [0.29, 0.717) is 0 Å². The van der Waals surface area contributed by atoms with E-state index in [0.717, 1.165) is 17.3 Å². The summed E-state index contributed by atoms with van der Waals surface area (Å²) in [5, 5.41) is 1.11. The Morgan fingerprint density at radius 3 is 2.71 bits per heavy atom. The quantitative estimate of drug-likeness (QED) is 0.686. The Labute approximate surface area is 85.0 Å². The maximum absolute atomic E-state index is 4.18. The molecule has 1 aromatic carbocycles. The minimum Gasteiger partial charge on any atom is -0.244 e. The predicted molar refractivity (Wildman–Crippen MR) is 60.3 cm³/mol. The van der Waals surface area contributed by atoms with Gasteiger partial charge in [-0.3, -0.25) is 0 Å². The van der Waals surface area contributed by atoms with E-state index >= 15 is 0 Å². The largest absolute Gasteiger partial charge is 0.244 e. The van der Waals surface area contributed by atoms with Crippen molar-refractivity contribution >= 4 is 10.9 Å². The van der Waals surface area contributed by atoms with Gasteiger partial charge in [0.05, 0.1) is 5.52 Å². The summed E-state index contributed by atoms with van der Waals surface area (Å²) in [5.41, 5.74) is 2.35. The van der Waals surface area contributed by atoms with E-state index in [1.807, 2.05) is 20.0 Å². The number of rotatable bonds is 1. The lowest BCUT2D eigenvalue weighted by Gasteiger charge is -1.98. The third-order valence-corrected chi connectivity index (χ3v) is 1.98. The van der Waals surface area contributed by atoms with Crippen LogP contribution >= 0.6 is 0 Å². The van der Waals surface area contributed by atoms with Crippen molar-refractivity contribution in [3.05, 3.63) is 36.3 Å². The molecule has 2 rings (SSSR count). The van der Waals surface area contributed by atoms with Crippen LogP contribution < -0.4 is 0 Å². The van der Waals surface area contributed by atoms with Crippen LogP contribution in [0.15, 0.2) is 30.7 Å². The monoisotopic (exact) mass is 188 g/mol. The van der Waals surface area contributed by atoms with Gasteiger partial charge in [-0.05, 0) is 18.1 Å². The molecule has 0 atom stereocenters. The molecule has 0 aliphatic rings. The second kappa shape index (κ2) is 5.32. The summed E-state index contributed by atoms with van der Waals surface area (Å²) >= 11 is 0. The summed E-state index contributed by atoms with van der Waals surface area (Å²) in [4.78, 5) is 8.14. The Morgan fingerprint density at radius 2 is 2.00 bits per heavy atom. The zero-order valence-corrected chi connectivity index (χ0v) is 8.99. The number of hydrogen-bond donors (Lipinski definition) is 0. The van der Waals surface area contributed by atoms with Crippen LogP contribution in [0.1, 0.15) is 26.3 Å². The molecule has 1 heterocycles. The van der Waals surface area contributed by atoms with Gasteiger partial charge < -0.3 is 0 Å². The molecule has 0 fully saturated rings. The van der Waals surface area contributed by atoms with Gasteiger partial charge in [0.25, 0.3) is 0 Å². The molecule has 0 saturated carbocycles. The Kier molecular flexibility index (Phi) is 4.05. The molecule has 2 nitrogen and oxygen atoms in total. The normalized spacial score (nSPS) is 9.36. The van der Waals surface area contributed by atoms with E-state index in [9.17, 15) is 0 Å². The summed E-state index contributed by atoms with van der Waals surface area (Å²) in [6.45, 7) is 6.14. The predicted octanol–water partition coefficient (Wildman–Crippen LogP) is 3.22. The lowest BCUT2D eigenvalue weighted by molar-refractivity contribution is 1.14. The van der Waals surface area contributed by atoms with Crippen LogP contribution in [0.4, 0.5) is 0 Å². The van der Waals surface area contributed by atoms with Crippen molar-refractivity contribution in [1.29, 1.82) is 0 Å². The zero-order valence-electron chi connectivity index (χ0n) is 8.99. The number of aryl methyl sites for hydroxylation is 1. The highest BCUT2D eigenvalue weighted by atomic mass is 14.8. The van der Waals surface area contributed by atoms with Crippen molar-refractivity contribution in [1.82, 2.24) is 9.97 Å². The molecule has 0 radical (unpaired) electrons. The van der Waals surface area contributed by atoms with Gasteiger partial charge in [0, 0.05) is 11.6 Å². The molecule has 0 bridgehead atoms. The minimum absolute atomic E-state index is 1.03. The van der Waals surface area contributed by atoms with E-state index in [-0.39, 0.29) is 0 Å². The van der Waals surface area contributed by atoms with E-state index in [1.165, 1.54) is 5.56 Å². The van der Waals surface area contributed by atoms with Crippen molar-refractivity contribution < 1.29 is 0 Å². The maximum Gasteiger partial charge on any atom is 0.116 e. The minimum atomic E-state index is 1.03. The van der Waals surface area contributed by atoms with Crippen LogP contribution in [0.25, 0.3) is 10.9 Å². The Balaban J connectivity index is 0.000000461. The van der Waals surface area contributed by atoms with E-state index in [4.69, 9.17) is 0 Å². The van der Waals surface area contributed by atoms with Gasteiger partial charge in [-0.15, -0.1) is 0 Å². The standard InChI is InChI=1S/C10H10N2.C2H6/c1-2-8-3-4-9-6-11-7-12-10(9)5-8;1-2/h3-7H,2H2,1H3;1-2H3. The number of nitrogens with zero attached hydrogens (tertiary/aromatic N) is 2. The van der Waals surface area contributed by atoms with E-state index in [1.54, 1.807) is 6.33 Å². The van der Waals surface area contributed by atoms with Gasteiger partial charge in [0.1, 0.15) is 6.33 Å². The van der Waals surface area contributed by atoms with Gasteiger partial charge in [-0.2, -0.15) is 0 Å². The van der Waals surface area contributed by atoms with Crippen molar-refractivity contribution in [2.75, 3.05) is 0 Å². The van der Waals surface area contributed by atoms with Crippen LogP contribution in [0.3, 0.4) is 0 Å². The molecule has 0 spiro atoms. The second-order valence-corrected chi connectivity index (χ2v) is 2.77. The summed E-state index contributed by atoms with van der Waals surface area (Å²) in [7, 11) is 0.